The van der Waals surface area contributed by atoms with E-state index >= 15 is 0 Å². The van der Waals surface area contributed by atoms with Crippen LogP contribution in [-0.2, 0) is 11.3 Å². The monoisotopic (exact) mass is 460 g/mol. The number of rotatable bonds is 6. The molecule has 8 nitrogen and oxygen atoms in total. The predicted molar refractivity (Wildman–Crippen MR) is 122 cm³/mol. The van der Waals surface area contributed by atoms with Crippen molar-refractivity contribution in [1.82, 2.24) is 4.90 Å². The van der Waals surface area contributed by atoms with Crippen LogP contribution in [0.5, 0.6) is 5.75 Å². The third-order valence-corrected chi connectivity index (χ3v) is 5.64. The Morgan fingerprint density at radius 2 is 1.73 bits per heavy atom. The summed E-state index contributed by atoms with van der Waals surface area (Å²) < 4.78 is 5.39. The number of nitrogens with zero attached hydrogens (tertiary/aromatic N) is 2. The Kier molecular flexibility index (Phi) is 6.32. The van der Waals surface area contributed by atoms with E-state index in [2.05, 4.69) is 0 Å². The fraction of sp³-hybridized carbons (Fsp3) is 0.0417. The van der Waals surface area contributed by atoms with Crippen LogP contribution in [0.1, 0.15) is 21.5 Å². The number of hydrogen-bond acceptors (Lipinski definition) is 7. The van der Waals surface area contributed by atoms with E-state index in [1.165, 1.54) is 24.3 Å². The summed E-state index contributed by atoms with van der Waals surface area (Å²) in [6, 6.07) is 20.9. The van der Waals surface area contributed by atoms with E-state index in [-0.39, 0.29) is 17.1 Å². The zero-order valence-corrected chi connectivity index (χ0v) is 17.9. The maximum absolute atomic E-state index is 12.8. The molecule has 2 amide bonds. The molecule has 164 valence electrons. The van der Waals surface area contributed by atoms with Crippen LogP contribution in [0.2, 0.25) is 0 Å². The molecule has 0 unspecified atom stereocenters. The molecule has 3 aromatic carbocycles. The van der Waals surface area contributed by atoms with E-state index in [0.717, 1.165) is 16.7 Å². The average molecular weight is 460 g/mol. The van der Waals surface area contributed by atoms with Gasteiger partial charge in [-0.15, -0.1) is 0 Å². The first kappa shape index (κ1) is 22.0. The number of esters is 1. The molecule has 0 N–H and O–H groups in total. The second kappa shape index (κ2) is 9.49. The number of carbonyl (C=O) groups is 3. The maximum Gasteiger partial charge on any atom is 0.343 e. The first-order chi connectivity index (χ1) is 15.9. The lowest BCUT2D eigenvalue weighted by molar-refractivity contribution is -0.384. The fourth-order valence-corrected chi connectivity index (χ4v) is 3.94. The number of hydrogen-bond donors (Lipinski definition) is 0. The van der Waals surface area contributed by atoms with Crippen LogP contribution in [0.25, 0.3) is 6.08 Å². The Labute approximate surface area is 192 Å². The van der Waals surface area contributed by atoms with Gasteiger partial charge in [0, 0.05) is 12.1 Å². The molecule has 9 heteroatoms. The fourth-order valence-electron chi connectivity index (χ4n) is 3.10. The van der Waals surface area contributed by atoms with Crippen LogP contribution in [0.3, 0.4) is 0 Å². The van der Waals surface area contributed by atoms with Gasteiger partial charge in [0.05, 0.1) is 21.9 Å². The molecule has 1 fully saturated rings. The van der Waals surface area contributed by atoms with Crippen molar-refractivity contribution in [2.45, 2.75) is 6.54 Å². The molecule has 33 heavy (non-hydrogen) atoms. The van der Waals surface area contributed by atoms with E-state index < -0.39 is 22.0 Å². The van der Waals surface area contributed by atoms with Crippen molar-refractivity contribution >= 4 is 40.6 Å². The first-order valence-corrected chi connectivity index (χ1v) is 10.6. The van der Waals surface area contributed by atoms with E-state index in [9.17, 15) is 24.5 Å². The van der Waals surface area contributed by atoms with Crippen molar-refractivity contribution in [3.63, 3.8) is 0 Å². The number of imide groups is 1. The van der Waals surface area contributed by atoms with Gasteiger partial charge in [-0.3, -0.25) is 24.6 Å². The third kappa shape index (κ3) is 5.16. The van der Waals surface area contributed by atoms with Gasteiger partial charge in [-0.2, -0.15) is 0 Å². The van der Waals surface area contributed by atoms with Crippen molar-refractivity contribution in [2.24, 2.45) is 0 Å². The highest BCUT2D eigenvalue weighted by molar-refractivity contribution is 8.18. The van der Waals surface area contributed by atoms with Gasteiger partial charge in [-0.25, -0.2) is 4.79 Å². The quantitative estimate of drug-likeness (QED) is 0.167. The average Bonchev–Trinajstić information content (AvgIpc) is 3.07. The van der Waals surface area contributed by atoms with Gasteiger partial charge in [0.1, 0.15) is 5.75 Å². The molecule has 0 spiro atoms. The first-order valence-electron chi connectivity index (χ1n) is 9.77. The Morgan fingerprint density at radius 3 is 2.42 bits per heavy atom. The van der Waals surface area contributed by atoms with Gasteiger partial charge in [0.25, 0.3) is 16.8 Å². The van der Waals surface area contributed by atoms with Gasteiger partial charge in [-0.1, -0.05) is 42.5 Å². The number of benzene rings is 3. The highest BCUT2D eigenvalue weighted by atomic mass is 32.2. The van der Waals surface area contributed by atoms with Crippen LogP contribution in [0.4, 0.5) is 10.5 Å². The Bertz CT molecular complexity index is 1270. The summed E-state index contributed by atoms with van der Waals surface area (Å²) in [5.41, 5.74) is 1.53. The minimum atomic E-state index is -0.516. The lowest BCUT2D eigenvalue weighted by atomic mass is 10.1. The lowest BCUT2D eigenvalue weighted by Gasteiger charge is -2.12. The Morgan fingerprint density at radius 1 is 1.00 bits per heavy atom. The summed E-state index contributed by atoms with van der Waals surface area (Å²) in [4.78, 5) is 49.0. The van der Waals surface area contributed by atoms with E-state index in [1.54, 1.807) is 60.7 Å². The van der Waals surface area contributed by atoms with Crippen LogP contribution < -0.4 is 4.74 Å². The Hall–Kier alpha value is -4.24. The molecular formula is C24H16N2O6S. The molecule has 0 atom stereocenters. The van der Waals surface area contributed by atoms with E-state index in [0.29, 0.717) is 22.4 Å². The van der Waals surface area contributed by atoms with Crippen LogP contribution in [0.15, 0.2) is 83.8 Å². The summed E-state index contributed by atoms with van der Waals surface area (Å²) in [6.45, 7) is 0.00866. The molecule has 0 aliphatic carbocycles. The molecule has 0 bridgehead atoms. The largest absolute Gasteiger partial charge is 0.423 e. The van der Waals surface area contributed by atoms with Gasteiger partial charge in [0.15, 0.2) is 0 Å². The zero-order valence-electron chi connectivity index (χ0n) is 17.0. The topological polar surface area (TPSA) is 107 Å². The summed E-state index contributed by atoms with van der Waals surface area (Å²) in [5.74, 6) is -0.658. The summed E-state index contributed by atoms with van der Waals surface area (Å²) in [6.07, 6.45) is 1.56. The second-order valence-corrected chi connectivity index (χ2v) is 8.01. The normalized spacial score (nSPS) is 14.5. The van der Waals surface area contributed by atoms with Crippen molar-refractivity contribution < 1.29 is 24.0 Å². The molecule has 0 aromatic heterocycles. The third-order valence-electron chi connectivity index (χ3n) is 4.74. The van der Waals surface area contributed by atoms with Crippen LogP contribution in [0, 0.1) is 10.1 Å². The standard InChI is InChI=1S/C24H16N2O6S/c27-22-21(33-24(29)25(22)15-16-9-11-19(12-10-16)26(30)31)14-17-5-4-8-20(13-17)32-23(28)18-6-2-1-3-7-18/h1-14H,15H2/b21-14-. The highest BCUT2D eigenvalue weighted by Gasteiger charge is 2.35. The van der Waals surface area contributed by atoms with Crippen LogP contribution >= 0.6 is 11.8 Å². The zero-order chi connectivity index (χ0) is 23.4. The maximum atomic E-state index is 12.8. The van der Waals surface area contributed by atoms with Crippen molar-refractivity contribution in [3.8, 4) is 5.75 Å². The van der Waals surface area contributed by atoms with Crippen LogP contribution in [-0.4, -0.2) is 26.9 Å². The van der Waals surface area contributed by atoms with Crippen molar-refractivity contribution in [3.05, 3.63) is 111 Å². The smallest absolute Gasteiger partial charge is 0.343 e. The number of thioether (sulfide) groups is 1. The van der Waals surface area contributed by atoms with Crippen molar-refractivity contribution in [1.29, 1.82) is 0 Å². The molecule has 1 aliphatic rings. The molecular weight excluding hydrogens is 444 g/mol. The van der Waals surface area contributed by atoms with Gasteiger partial charge in [0.2, 0.25) is 0 Å². The van der Waals surface area contributed by atoms with Crippen molar-refractivity contribution in [2.75, 3.05) is 0 Å². The Balaban J connectivity index is 1.47. The molecule has 4 rings (SSSR count). The minimum Gasteiger partial charge on any atom is -0.423 e. The number of non-ortho nitro benzene ring substituents is 1. The minimum absolute atomic E-state index is 0.00866. The molecule has 0 saturated carbocycles. The molecule has 0 radical (unpaired) electrons. The summed E-state index contributed by atoms with van der Waals surface area (Å²) >= 11 is 0.803. The number of nitro benzene ring substituents is 1. The summed E-state index contributed by atoms with van der Waals surface area (Å²) in [5, 5.41) is 10.3. The predicted octanol–water partition coefficient (Wildman–Crippen LogP) is 5.05. The number of nitro groups is 1. The highest BCUT2D eigenvalue weighted by Crippen LogP contribution is 2.34. The number of ether oxygens (including phenoxy) is 1. The SMILES string of the molecule is O=C(Oc1cccc(/C=C2\SC(=O)N(Cc3ccc([N+](=O)[O-])cc3)C2=O)c1)c1ccccc1. The van der Waals surface area contributed by atoms with E-state index in [1.807, 2.05) is 0 Å². The van der Waals surface area contributed by atoms with Gasteiger partial charge >= 0.3 is 5.97 Å². The second-order valence-electron chi connectivity index (χ2n) is 7.02. The molecule has 3 aromatic rings. The summed E-state index contributed by atoms with van der Waals surface area (Å²) in [7, 11) is 0. The van der Waals surface area contributed by atoms with Gasteiger partial charge < -0.3 is 4.74 Å². The number of carbonyl (C=O) groups excluding carboxylic acids is 3. The molecule has 1 saturated heterocycles. The molecule has 1 aliphatic heterocycles. The van der Waals surface area contributed by atoms with Gasteiger partial charge in [-0.05, 0) is 53.2 Å². The lowest BCUT2D eigenvalue weighted by Crippen LogP contribution is -2.27. The molecule has 1 heterocycles. The van der Waals surface area contributed by atoms with E-state index in [4.69, 9.17) is 4.74 Å². The number of amides is 2.